The molecule has 0 radical (unpaired) electrons. The lowest BCUT2D eigenvalue weighted by Crippen LogP contribution is -2.25. The van der Waals surface area contributed by atoms with E-state index in [1.165, 1.54) is 29.0 Å². The van der Waals surface area contributed by atoms with Crippen molar-refractivity contribution in [2.45, 2.75) is 6.42 Å². The normalized spacial score (nSPS) is 17.1. The summed E-state index contributed by atoms with van der Waals surface area (Å²) in [6.45, 7) is 2.26. The maximum absolute atomic E-state index is 4.39. The second-order valence-electron chi connectivity index (χ2n) is 4.18. The van der Waals surface area contributed by atoms with Crippen LogP contribution in [0.2, 0.25) is 0 Å². The van der Waals surface area contributed by atoms with Crippen LogP contribution in [0.1, 0.15) is 6.42 Å². The van der Waals surface area contributed by atoms with Crippen LogP contribution in [0.5, 0.6) is 0 Å². The van der Waals surface area contributed by atoms with E-state index >= 15 is 0 Å². The lowest BCUT2D eigenvalue weighted by atomic mass is 10.2. The molecule has 88 valence electrons. The molecule has 1 aliphatic rings. The summed E-state index contributed by atoms with van der Waals surface area (Å²) >= 11 is 2.05. The number of hydrogen-bond donors (Lipinski definition) is 0. The summed E-state index contributed by atoms with van der Waals surface area (Å²) in [6.07, 6.45) is 6.89. The first-order valence-electron chi connectivity index (χ1n) is 5.96. The first kappa shape index (κ1) is 10.8. The number of aromatic nitrogens is 2. The van der Waals surface area contributed by atoms with Crippen LogP contribution in [-0.2, 0) is 0 Å². The van der Waals surface area contributed by atoms with E-state index in [0.29, 0.717) is 0 Å². The van der Waals surface area contributed by atoms with E-state index in [9.17, 15) is 0 Å². The highest BCUT2D eigenvalue weighted by atomic mass is 32.2. The molecular weight excluding hydrogens is 230 g/mol. The van der Waals surface area contributed by atoms with Gasteiger partial charge in [-0.2, -0.15) is 11.8 Å². The smallest absolute Gasteiger partial charge is 0.0753 e. The van der Waals surface area contributed by atoms with Crippen LogP contribution in [0.25, 0.3) is 10.9 Å². The predicted octanol–water partition coefficient (Wildman–Crippen LogP) is 2.57. The number of nitrogens with zero attached hydrogens (tertiary/aromatic N) is 3. The van der Waals surface area contributed by atoms with Gasteiger partial charge in [-0.25, -0.2) is 0 Å². The fraction of sp³-hybridized carbons (Fsp3) is 0.385. The van der Waals surface area contributed by atoms with Crippen LogP contribution >= 0.6 is 11.8 Å². The van der Waals surface area contributed by atoms with E-state index in [1.807, 2.05) is 30.2 Å². The van der Waals surface area contributed by atoms with Crippen LogP contribution in [0, 0.1) is 0 Å². The number of hydrogen-bond acceptors (Lipinski definition) is 4. The second kappa shape index (κ2) is 4.92. The van der Waals surface area contributed by atoms with Gasteiger partial charge in [0, 0.05) is 48.5 Å². The molecule has 2 aromatic rings. The third-order valence-electron chi connectivity index (χ3n) is 3.08. The number of fused-ring (bicyclic) bond motifs is 1. The summed E-state index contributed by atoms with van der Waals surface area (Å²) in [5.41, 5.74) is 2.32. The highest BCUT2D eigenvalue weighted by Gasteiger charge is 2.12. The van der Waals surface area contributed by atoms with Gasteiger partial charge in [0.05, 0.1) is 5.52 Å². The number of pyridine rings is 2. The Hall–Kier alpha value is -1.29. The topological polar surface area (TPSA) is 29.0 Å². The summed E-state index contributed by atoms with van der Waals surface area (Å²) in [5.74, 6) is 2.49. The average Bonchev–Trinajstić information content (AvgIpc) is 2.67. The van der Waals surface area contributed by atoms with Crippen LogP contribution in [-0.4, -0.2) is 34.6 Å². The van der Waals surface area contributed by atoms with Crippen molar-refractivity contribution in [1.29, 1.82) is 0 Å². The van der Waals surface area contributed by atoms with Gasteiger partial charge in [-0.1, -0.05) is 0 Å². The monoisotopic (exact) mass is 245 g/mol. The Morgan fingerprint density at radius 1 is 1.12 bits per heavy atom. The van der Waals surface area contributed by atoms with Gasteiger partial charge in [-0.15, -0.1) is 0 Å². The molecule has 1 fully saturated rings. The molecule has 1 saturated heterocycles. The van der Waals surface area contributed by atoms with Crippen LogP contribution in [0.15, 0.2) is 30.7 Å². The average molecular weight is 245 g/mol. The minimum atomic E-state index is 1.04. The fourth-order valence-electron chi connectivity index (χ4n) is 2.24. The van der Waals surface area contributed by atoms with Gasteiger partial charge in [0.25, 0.3) is 0 Å². The van der Waals surface area contributed by atoms with Crippen molar-refractivity contribution in [2.75, 3.05) is 29.5 Å². The molecule has 0 unspecified atom stereocenters. The first-order valence-corrected chi connectivity index (χ1v) is 7.12. The van der Waals surface area contributed by atoms with Crippen LogP contribution in [0.3, 0.4) is 0 Å². The van der Waals surface area contributed by atoms with Crippen molar-refractivity contribution >= 4 is 28.4 Å². The van der Waals surface area contributed by atoms with Gasteiger partial charge in [0.2, 0.25) is 0 Å². The van der Waals surface area contributed by atoms with E-state index in [2.05, 4.69) is 20.9 Å². The first-order chi connectivity index (χ1) is 8.45. The SMILES string of the molecule is c1cc2nccc(N3CCCSCC3)c2cn1. The minimum absolute atomic E-state index is 1.04. The van der Waals surface area contributed by atoms with Gasteiger partial charge in [0.1, 0.15) is 0 Å². The summed E-state index contributed by atoms with van der Waals surface area (Å²) in [5, 5.41) is 1.17. The maximum Gasteiger partial charge on any atom is 0.0753 e. The third-order valence-corrected chi connectivity index (χ3v) is 4.13. The van der Waals surface area contributed by atoms with Crippen molar-refractivity contribution in [2.24, 2.45) is 0 Å². The summed E-state index contributed by atoms with van der Waals surface area (Å²) < 4.78 is 0. The molecule has 3 nitrogen and oxygen atoms in total. The van der Waals surface area contributed by atoms with E-state index in [0.717, 1.165) is 18.6 Å². The minimum Gasteiger partial charge on any atom is -0.370 e. The van der Waals surface area contributed by atoms with E-state index < -0.39 is 0 Å². The molecular formula is C13H15N3S. The van der Waals surface area contributed by atoms with E-state index in [-0.39, 0.29) is 0 Å². The van der Waals surface area contributed by atoms with E-state index in [4.69, 9.17) is 0 Å². The van der Waals surface area contributed by atoms with Crippen LogP contribution in [0.4, 0.5) is 5.69 Å². The molecule has 17 heavy (non-hydrogen) atoms. The summed E-state index contributed by atoms with van der Waals surface area (Å²) in [4.78, 5) is 11.1. The zero-order valence-corrected chi connectivity index (χ0v) is 10.5. The molecule has 1 aliphatic heterocycles. The zero-order valence-electron chi connectivity index (χ0n) is 9.67. The van der Waals surface area contributed by atoms with Crippen molar-refractivity contribution < 1.29 is 0 Å². The predicted molar refractivity (Wildman–Crippen MR) is 73.7 cm³/mol. The Labute approximate surface area is 105 Å². The molecule has 0 amide bonds. The molecule has 0 aromatic carbocycles. The number of thioether (sulfide) groups is 1. The van der Waals surface area contributed by atoms with Gasteiger partial charge >= 0.3 is 0 Å². The summed E-state index contributed by atoms with van der Waals surface area (Å²) in [6, 6.07) is 4.09. The third kappa shape index (κ3) is 2.22. The zero-order chi connectivity index (χ0) is 11.5. The molecule has 4 heteroatoms. The molecule has 0 spiro atoms. The van der Waals surface area contributed by atoms with Gasteiger partial charge < -0.3 is 4.90 Å². The Kier molecular flexibility index (Phi) is 3.14. The van der Waals surface area contributed by atoms with Crippen molar-refractivity contribution in [3.8, 4) is 0 Å². The van der Waals surface area contributed by atoms with Crippen LogP contribution < -0.4 is 4.90 Å². The molecule has 0 bridgehead atoms. The van der Waals surface area contributed by atoms with Crippen molar-refractivity contribution in [3.05, 3.63) is 30.7 Å². The highest BCUT2D eigenvalue weighted by Crippen LogP contribution is 2.26. The van der Waals surface area contributed by atoms with Crippen molar-refractivity contribution in [1.82, 2.24) is 9.97 Å². The Balaban J connectivity index is 2.03. The lowest BCUT2D eigenvalue weighted by molar-refractivity contribution is 0.819. The molecule has 0 saturated carbocycles. The highest BCUT2D eigenvalue weighted by molar-refractivity contribution is 7.99. The standard InChI is InChI=1S/C13H15N3S/c1-6-16(7-9-17-8-1)13-3-5-15-12-2-4-14-10-11(12)13/h2-5,10H,1,6-9H2. The quantitative estimate of drug-likeness (QED) is 0.772. The van der Waals surface area contributed by atoms with Gasteiger partial charge in [-0.3, -0.25) is 9.97 Å². The number of anilines is 1. The Morgan fingerprint density at radius 3 is 3.12 bits per heavy atom. The Morgan fingerprint density at radius 2 is 2.12 bits per heavy atom. The van der Waals surface area contributed by atoms with Crippen molar-refractivity contribution in [3.63, 3.8) is 0 Å². The molecule has 0 N–H and O–H groups in total. The molecule has 3 rings (SSSR count). The van der Waals surface area contributed by atoms with Gasteiger partial charge in [-0.05, 0) is 24.3 Å². The molecule has 3 heterocycles. The summed E-state index contributed by atoms with van der Waals surface area (Å²) in [7, 11) is 0. The van der Waals surface area contributed by atoms with Gasteiger partial charge in [0.15, 0.2) is 0 Å². The molecule has 2 aromatic heterocycles. The largest absolute Gasteiger partial charge is 0.370 e. The second-order valence-corrected chi connectivity index (χ2v) is 5.40. The fourth-order valence-corrected chi connectivity index (χ4v) is 3.12. The lowest BCUT2D eigenvalue weighted by Gasteiger charge is -2.23. The Bertz CT molecular complexity index is 501. The van der Waals surface area contributed by atoms with E-state index in [1.54, 1.807) is 6.20 Å². The maximum atomic E-state index is 4.39. The number of rotatable bonds is 1. The molecule has 0 atom stereocenters. The molecule has 0 aliphatic carbocycles.